The van der Waals surface area contributed by atoms with Crippen molar-refractivity contribution in [2.24, 2.45) is 0 Å². The molecule has 1 aromatic carbocycles. The van der Waals surface area contributed by atoms with E-state index in [0.29, 0.717) is 5.69 Å². The highest BCUT2D eigenvalue weighted by atomic mass is 35.6. The van der Waals surface area contributed by atoms with Crippen LogP contribution >= 0.6 is 34.8 Å². The van der Waals surface area contributed by atoms with Gasteiger partial charge in [0, 0.05) is 0 Å². The van der Waals surface area contributed by atoms with E-state index in [1.54, 1.807) is 10.7 Å². The van der Waals surface area contributed by atoms with Crippen LogP contribution < -0.4 is 0 Å². The van der Waals surface area contributed by atoms with Gasteiger partial charge in [-0.15, -0.1) is 0 Å². The summed E-state index contributed by atoms with van der Waals surface area (Å²) in [5.74, 6) is 0. The van der Waals surface area contributed by atoms with E-state index < -0.39 is 3.79 Å². The van der Waals surface area contributed by atoms with Gasteiger partial charge in [0.05, 0.1) is 17.1 Å². The van der Waals surface area contributed by atoms with Crippen molar-refractivity contribution in [1.82, 2.24) is 9.78 Å². The number of hydrogen-bond donors (Lipinski definition) is 0. The van der Waals surface area contributed by atoms with E-state index >= 15 is 0 Å². The Morgan fingerprint density at radius 1 is 1.06 bits per heavy atom. The average molecular weight is 306 g/mol. The summed E-state index contributed by atoms with van der Waals surface area (Å²) >= 11 is 17.7. The largest absolute Gasteiger partial charge is 0.233 e. The standard InChI is InChI=1S/C11H9Cl3N2.C2H6/c1-8-7-10(11(12,13)14)16(15-8)9-5-3-2-4-6-9;1-2/h2-7H,1H3;1-2H3. The fourth-order valence-electron chi connectivity index (χ4n) is 1.47. The molecule has 0 amide bonds. The third-order valence-electron chi connectivity index (χ3n) is 2.12. The number of aromatic nitrogens is 2. The number of hydrogen-bond acceptors (Lipinski definition) is 1. The van der Waals surface area contributed by atoms with Gasteiger partial charge in [-0.3, -0.25) is 0 Å². The average Bonchev–Trinajstić information content (AvgIpc) is 2.75. The molecule has 0 aliphatic carbocycles. The zero-order valence-corrected chi connectivity index (χ0v) is 12.8. The Morgan fingerprint density at radius 3 is 2.11 bits per heavy atom. The molecule has 0 aliphatic heterocycles. The lowest BCUT2D eigenvalue weighted by Gasteiger charge is -2.13. The van der Waals surface area contributed by atoms with Crippen LogP contribution in [0.2, 0.25) is 0 Å². The van der Waals surface area contributed by atoms with Crippen molar-refractivity contribution in [2.45, 2.75) is 24.6 Å². The first-order valence-electron chi connectivity index (χ1n) is 5.68. The Kier molecular flexibility index (Phi) is 5.51. The highest BCUT2D eigenvalue weighted by Crippen LogP contribution is 2.39. The molecular weight excluding hydrogens is 291 g/mol. The van der Waals surface area contributed by atoms with Gasteiger partial charge in [0.2, 0.25) is 3.79 Å². The van der Waals surface area contributed by atoms with Gasteiger partial charge < -0.3 is 0 Å². The second kappa shape index (κ2) is 6.46. The Hall–Kier alpha value is -0.700. The van der Waals surface area contributed by atoms with Crippen LogP contribution in [0.1, 0.15) is 25.2 Å². The summed E-state index contributed by atoms with van der Waals surface area (Å²) in [5, 5.41) is 4.31. The number of benzene rings is 1. The van der Waals surface area contributed by atoms with Crippen LogP contribution in [0.4, 0.5) is 0 Å². The molecule has 0 fully saturated rings. The number of alkyl halides is 3. The summed E-state index contributed by atoms with van der Waals surface area (Å²) in [4.78, 5) is 0. The van der Waals surface area contributed by atoms with Crippen LogP contribution in [0.3, 0.4) is 0 Å². The van der Waals surface area contributed by atoms with Gasteiger partial charge in [-0.25, -0.2) is 4.68 Å². The lowest BCUT2D eigenvalue weighted by atomic mass is 10.3. The number of para-hydroxylation sites is 1. The summed E-state index contributed by atoms with van der Waals surface area (Å²) in [6.45, 7) is 5.86. The van der Waals surface area contributed by atoms with Crippen molar-refractivity contribution in [3.63, 3.8) is 0 Å². The van der Waals surface area contributed by atoms with E-state index in [4.69, 9.17) is 34.8 Å². The predicted octanol–water partition coefficient (Wildman–Crippen LogP) is 5.03. The molecule has 0 saturated heterocycles. The normalized spacial score (nSPS) is 10.8. The first kappa shape index (κ1) is 15.4. The van der Waals surface area contributed by atoms with E-state index in [-0.39, 0.29) is 0 Å². The lowest BCUT2D eigenvalue weighted by Crippen LogP contribution is -2.10. The zero-order chi connectivity index (χ0) is 13.8. The summed E-state index contributed by atoms with van der Waals surface area (Å²) in [7, 11) is 0. The Morgan fingerprint density at radius 2 is 1.61 bits per heavy atom. The molecular formula is C13H15Cl3N2. The van der Waals surface area contributed by atoms with E-state index in [1.807, 2.05) is 51.1 Å². The van der Waals surface area contributed by atoms with Gasteiger partial charge >= 0.3 is 0 Å². The Balaban J connectivity index is 0.000000771. The van der Waals surface area contributed by atoms with Crippen molar-refractivity contribution < 1.29 is 0 Å². The lowest BCUT2D eigenvalue weighted by molar-refractivity contribution is 0.811. The number of rotatable bonds is 1. The summed E-state index contributed by atoms with van der Waals surface area (Å²) < 4.78 is 0.166. The van der Waals surface area contributed by atoms with Crippen molar-refractivity contribution in [2.75, 3.05) is 0 Å². The fourth-order valence-corrected chi connectivity index (χ4v) is 1.87. The molecule has 0 N–H and O–H groups in total. The first-order chi connectivity index (χ1) is 8.48. The summed E-state index contributed by atoms with van der Waals surface area (Å²) in [6, 6.07) is 11.3. The van der Waals surface area contributed by atoms with E-state index in [9.17, 15) is 0 Å². The minimum absolute atomic E-state index is 0.543. The van der Waals surface area contributed by atoms with Gasteiger partial charge in [-0.2, -0.15) is 5.10 Å². The minimum Gasteiger partial charge on any atom is -0.233 e. The monoisotopic (exact) mass is 304 g/mol. The molecule has 18 heavy (non-hydrogen) atoms. The smallest absolute Gasteiger partial charge is 0.232 e. The molecule has 5 heteroatoms. The number of aryl methyl sites for hydroxylation is 1. The third-order valence-corrected chi connectivity index (χ3v) is 2.70. The van der Waals surface area contributed by atoms with Crippen LogP contribution in [0, 0.1) is 6.92 Å². The minimum atomic E-state index is -1.48. The molecule has 1 heterocycles. The molecule has 0 saturated carbocycles. The van der Waals surface area contributed by atoms with Gasteiger partial charge in [-0.1, -0.05) is 66.8 Å². The second-order valence-corrected chi connectivity index (χ2v) is 5.70. The van der Waals surface area contributed by atoms with Gasteiger partial charge in [0.25, 0.3) is 0 Å². The molecule has 2 rings (SSSR count). The van der Waals surface area contributed by atoms with Crippen LogP contribution in [0.15, 0.2) is 36.4 Å². The first-order valence-corrected chi connectivity index (χ1v) is 6.81. The highest BCUT2D eigenvalue weighted by Gasteiger charge is 2.28. The van der Waals surface area contributed by atoms with Gasteiger partial charge in [-0.05, 0) is 25.1 Å². The predicted molar refractivity (Wildman–Crippen MR) is 78.9 cm³/mol. The zero-order valence-electron chi connectivity index (χ0n) is 10.5. The summed E-state index contributed by atoms with van der Waals surface area (Å²) in [6.07, 6.45) is 0. The van der Waals surface area contributed by atoms with Gasteiger partial charge in [0.1, 0.15) is 0 Å². The van der Waals surface area contributed by atoms with Crippen molar-refractivity contribution in [3.8, 4) is 5.69 Å². The van der Waals surface area contributed by atoms with E-state index in [0.717, 1.165) is 11.4 Å². The Labute approximate surface area is 122 Å². The highest BCUT2D eigenvalue weighted by molar-refractivity contribution is 6.66. The third kappa shape index (κ3) is 3.64. The molecule has 0 unspecified atom stereocenters. The SMILES string of the molecule is CC.Cc1cc(C(Cl)(Cl)Cl)n(-c2ccccc2)n1. The maximum atomic E-state index is 5.90. The van der Waals surface area contributed by atoms with Crippen molar-refractivity contribution in [3.05, 3.63) is 47.8 Å². The van der Waals surface area contributed by atoms with Crippen molar-refractivity contribution >= 4 is 34.8 Å². The quantitative estimate of drug-likeness (QED) is 0.675. The number of halogens is 3. The molecule has 2 aromatic rings. The summed E-state index contributed by atoms with van der Waals surface area (Å²) in [5.41, 5.74) is 2.23. The van der Waals surface area contributed by atoms with Crippen molar-refractivity contribution in [1.29, 1.82) is 0 Å². The number of nitrogens with zero attached hydrogens (tertiary/aromatic N) is 2. The van der Waals surface area contributed by atoms with Crippen LogP contribution in [0.25, 0.3) is 5.69 Å². The van der Waals surface area contributed by atoms with E-state index in [1.165, 1.54) is 0 Å². The Bertz CT molecular complexity index is 487. The van der Waals surface area contributed by atoms with Crippen LogP contribution in [0.5, 0.6) is 0 Å². The molecule has 2 nitrogen and oxygen atoms in total. The van der Waals surface area contributed by atoms with Gasteiger partial charge in [0.15, 0.2) is 0 Å². The maximum Gasteiger partial charge on any atom is 0.232 e. The molecule has 98 valence electrons. The second-order valence-electron chi connectivity index (χ2n) is 3.42. The van der Waals surface area contributed by atoms with Crippen LogP contribution in [-0.4, -0.2) is 9.78 Å². The molecule has 0 radical (unpaired) electrons. The molecule has 0 spiro atoms. The molecule has 1 aromatic heterocycles. The topological polar surface area (TPSA) is 17.8 Å². The van der Waals surface area contributed by atoms with E-state index in [2.05, 4.69) is 5.10 Å². The maximum absolute atomic E-state index is 5.90. The van der Waals surface area contributed by atoms with Crippen LogP contribution in [-0.2, 0) is 3.79 Å². The molecule has 0 bridgehead atoms. The molecule has 0 atom stereocenters. The fraction of sp³-hybridized carbons (Fsp3) is 0.308. The molecule has 0 aliphatic rings.